The van der Waals surface area contributed by atoms with Gasteiger partial charge in [0.2, 0.25) is 0 Å². The van der Waals surface area contributed by atoms with Gasteiger partial charge in [-0.25, -0.2) is 4.79 Å². The number of nitrogens with one attached hydrogen (secondary N) is 1. The maximum Gasteiger partial charge on any atom is 0.329 e. The van der Waals surface area contributed by atoms with Crippen LogP contribution in [0.15, 0.2) is 54.2 Å². The van der Waals surface area contributed by atoms with Gasteiger partial charge in [0.05, 0.1) is 19.4 Å². The molecule has 2 aromatic rings. The molecule has 2 saturated heterocycles. The molecule has 188 valence electrons. The van der Waals surface area contributed by atoms with Crippen LogP contribution >= 0.6 is 12.4 Å². The van der Waals surface area contributed by atoms with E-state index < -0.39 is 0 Å². The van der Waals surface area contributed by atoms with Gasteiger partial charge in [0, 0.05) is 32.7 Å². The van der Waals surface area contributed by atoms with Crippen molar-refractivity contribution in [1.82, 2.24) is 15.1 Å². The van der Waals surface area contributed by atoms with Crippen LogP contribution in [0, 0.1) is 0 Å². The molecular weight excluding hydrogens is 468 g/mol. The molecule has 35 heavy (non-hydrogen) atoms. The van der Waals surface area contributed by atoms with Crippen LogP contribution in [0.5, 0.6) is 11.5 Å². The summed E-state index contributed by atoms with van der Waals surface area (Å²) in [6, 6.07) is 15.2. The first-order chi connectivity index (χ1) is 16.6. The Kier molecular flexibility index (Phi) is 9.39. The summed E-state index contributed by atoms with van der Waals surface area (Å²) in [5.74, 6) is 1.34. The fourth-order valence-corrected chi connectivity index (χ4v) is 4.33. The number of carbonyl (C=O) groups is 2. The molecule has 2 aliphatic rings. The summed E-state index contributed by atoms with van der Waals surface area (Å²) in [6.07, 6.45) is 2.42. The number of hydrogen-bond acceptors (Lipinski definition) is 6. The van der Waals surface area contributed by atoms with Crippen molar-refractivity contribution >= 4 is 36.1 Å². The lowest BCUT2D eigenvalue weighted by Crippen LogP contribution is -2.47. The Bertz CT molecular complexity index is 1050. The summed E-state index contributed by atoms with van der Waals surface area (Å²) < 4.78 is 11.0. The second kappa shape index (κ2) is 12.5. The monoisotopic (exact) mass is 500 g/mol. The molecule has 1 N–H and O–H groups in total. The molecule has 0 aromatic heterocycles. The van der Waals surface area contributed by atoms with Crippen molar-refractivity contribution in [2.24, 2.45) is 0 Å². The van der Waals surface area contributed by atoms with Gasteiger partial charge in [-0.1, -0.05) is 24.3 Å². The third kappa shape index (κ3) is 6.46. The summed E-state index contributed by atoms with van der Waals surface area (Å²) in [7, 11) is 1.59. The van der Waals surface area contributed by atoms with Crippen molar-refractivity contribution in [3.63, 3.8) is 0 Å². The van der Waals surface area contributed by atoms with Crippen LogP contribution in [0.1, 0.15) is 18.9 Å². The number of urea groups is 1. The second-order valence-corrected chi connectivity index (χ2v) is 8.30. The Morgan fingerprint density at radius 3 is 2.51 bits per heavy atom. The largest absolute Gasteiger partial charge is 0.497 e. The molecule has 8 nitrogen and oxygen atoms in total. The number of piperazine rings is 1. The van der Waals surface area contributed by atoms with Crippen LogP contribution in [0.2, 0.25) is 0 Å². The first-order valence-electron chi connectivity index (χ1n) is 11.8. The number of carbonyl (C=O) groups excluding carboxylic acids is 2. The number of benzene rings is 2. The normalized spacial score (nSPS) is 17.4. The average Bonchev–Trinajstić information content (AvgIpc) is 3.12. The van der Waals surface area contributed by atoms with Crippen molar-refractivity contribution in [2.75, 3.05) is 57.9 Å². The highest BCUT2D eigenvalue weighted by molar-refractivity contribution is 6.13. The lowest BCUT2D eigenvalue weighted by molar-refractivity contribution is -0.122. The van der Waals surface area contributed by atoms with E-state index in [2.05, 4.69) is 21.2 Å². The number of para-hydroxylation sites is 2. The topological polar surface area (TPSA) is 74.3 Å². The van der Waals surface area contributed by atoms with E-state index in [1.165, 1.54) is 4.90 Å². The van der Waals surface area contributed by atoms with Crippen LogP contribution in [0.4, 0.5) is 10.5 Å². The molecule has 0 aliphatic carbocycles. The number of hydrogen-bond donors (Lipinski definition) is 1. The lowest BCUT2D eigenvalue weighted by atomic mass is 10.2. The molecule has 0 unspecified atom stereocenters. The zero-order valence-corrected chi connectivity index (χ0v) is 21.1. The highest BCUT2D eigenvalue weighted by Crippen LogP contribution is 2.28. The minimum atomic E-state index is -0.364. The van der Waals surface area contributed by atoms with E-state index in [-0.39, 0.29) is 24.3 Å². The molecule has 2 fully saturated rings. The maximum absolute atomic E-state index is 12.8. The predicted octanol–water partition coefficient (Wildman–Crippen LogP) is 3.62. The van der Waals surface area contributed by atoms with E-state index in [0.717, 1.165) is 56.1 Å². The van der Waals surface area contributed by atoms with Gasteiger partial charge in [-0.2, -0.15) is 0 Å². The van der Waals surface area contributed by atoms with Crippen LogP contribution < -0.4 is 19.7 Å². The quantitative estimate of drug-likeness (QED) is 0.419. The number of anilines is 1. The number of halogens is 1. The van der Waals surface area contributed by atoms with Gasteiger partial charge in [-0.3, -0.25) is 14.6 Å². The highest BCUT2D eigenvalue weighted by atomic mass is 35.5. The summed E-state index contributed by atoms with van der Waals surface area (Å²) in [5, 5.41) is 2.69. The van der Waals surface area contributed by atoms with E-state index >= 15 is 0 Å². The van der Waals surface area contributed by atoms with Crippen molar-refractivity contribution in [1.29, 1.82) is 0 Å². The van der Waals surface area contributed by atoms with Gasteiger partial charge in [-0.05, 0) is 55.8 Å². The van der Waals surface area contributed by atoms with E-state index in [1.54, 1.807) is 13.2 Å². The Morgan fingerprint density at radius 2 is 1.77 bits per heavy atom. The predicted molar refractivity (Wildman–Crippen MR) is 139 cm³/mol. The Labute approximate surface area is 212 Å². The number of ether oxygens (including phenoxy) is 2. The third-order valence-electron chi connectivity index (χ3n) is 6.10. The van der Waals surface area contributed by atoms with Crippen LogP contribution in [-0.2, 0) is 4.79 Å². The molecule has 3 amide bonds. The number of rotatable bonds is 9. The molecule has 2 aliphatic heterocycles. The summed E-state index contributed by atoms with van der Waals surface area (Å²) in [6.45, 7) is 7.58. The molecular formula is C26H33ClN4O4. The standard InChI is InChI=1S/C26H32N4O4.ClH/c1-3-34-24-11-5-4-10-23(24)29-16-14-28(15-17-29)12-7-13-30-25(31)22(27-26(30)32)19-20-8-6-9-21(18-20)33-2;/h4-6,8-11,18-19H,3,7,12-17H2,1-2H3,(H,27,32);1H/b22-19+;. The number of imide groups is 1. The van der Waals surface area contributed by atoms with Gasteiger partial charge in [0.15, 0.2) is 0 Å². The molecule has 4 rings (SSSR count). The van der Waals surface area contributed by atoms with Gasteiger partial charge in [-0.15, -0.1) is 12.4 Å². The van der Waals surface area contributed by atoms with Crippen molar-refractivity contribution in [3.05, 3.63) is 59.8 Å². The lowest BCUT2D eigenvalue weighted by Gasteiger charge is -2.36. The van der Waals surface area contributed by atoms with Gasteiger partial charge in [0.25, 0.3) is 5.91 Å². The minimum absolute atomic E-state index is 0. The zero-order valence-electron chi connectivity index (χ0n) is 20.2. The van der Waals surface area contributed by atoms with Crippen molar-refractivity contribution in [3.8, 4) is 11.5 Å². The maximum atomic E-state index is 12.8. The molecule has 2 heterocycles. The van der Waals surface area contributed by atoms with E-state index in [9.17, 15) is 9.59 Å². The smallest absolute Gasteiger partial charge is 0.329 e. The van der Waals surface area contributed by atoms with E-state index in [4.69, 9.17) is 9.47 Å². The van der Waals surface area contributed by atoms with Crippen LogP contribution in [0.3, 0.4) is 0 Å². The Balaban J connectivity index is 0.00000342. The number of nitrogens with zero attached hydrogens (tertiary/aromatic N) is 3. The summed E-state index contributed by atoms with van der Waals surface area (Å²) >= 11 is 0. The van der Waals surface area contributed by atoms with Crippen molar-refractivity contribution in [2.45, 2.75) is 13.3 Å². The fourth-order valence-electron chi connectivity index (χ4n) is 4.33. The second-order valence-electron chi connectivity index (χ2n) is 8.30. The van der Waals surface area contributed by atoms with Gasteiger partial charge < -0.3 is 19.7 Å². The molecule has 0 atom stereocenters. The Hall–Kier alpha value is -3.23. The number of amides is 3. The number of methoxy groups -OCH3 is 1. The minimum Gasteiger partial charge on any atom is -0.497 e. The van der Waals surface area contributed by atoms with Gasteiger partial charge in [0.1, 0.15) is 17.2 Å². The molecule has 9 heteroatoms. The van der Waals surface area contributed by atoms with E-state index in [1.807, 2.05) is 49.4 Å². The molecule has 2 aromatic carbocycles. The zero-order chi connectivity index (χ0) is 23.9. The van der Waals surface area contributed by atoms with Crippen LogP contribution in [-0.4, -0.2) is 74.7 Å². The summed E-state index contributed by atoms with van der Waals surface area (Å²) in [5.41, 5.74) is 2.23. The summed E-state index contributed by atoms with van der Waals surface area (Å²) in [4.78, 5) is 31.2. The van der Waals surface area contributed by atoms with Crippen molar-refractivity contribution < 1.29 is 19.1 Å². The average molecular weight is 501 g/mol. The third-order valence-corrected chi connectivity index (χ3v) is 6.10. The first-order valence-corrected chi connectivity index (χ1v) is 11.8. The highest BCUT2D eigenvalue weighted by Gasteiger charge is 2.33. The molecule has 0 bridgehead atoms. The SMILES string of the molecule is CCOc1ccccc1N1CCN(CCCN2C(=O)N/C(=C/c3cccc(OC)c3)C2=O)CC1.Cl. The molecule has 0 saturated carbocycles. The Morgan fingerprint density at radius 1 is 1.00 bits per heavy atom. The fraction of sp³-hybridized carbons (Fsp3) is 0.385. The van der Waals surface area contributed by atoms with E-state index in [0.29, 0.717) is 24.6 Å². The molecule has 0 spiro atoms. The first kappa shape index (κ1) is 26.4. The molecule has 0 radical (unpaired) electrons. The van der Waals surface area contributed by atoms with Gasteiger partial charge >= 0.3 is 6.03 Å². The van der Waals surface area contributed by atoms with Crippen LogP contribution in [0.25, 0.3) is 6.08 Å².